The summed E-state index contributed by atoms with van der Waals surface area (Å²) >= 11 is 0. The van der Waals surface area contributed by atoms with Gasteiger partial charge in [0, 0.05) is 5.56 Å². The zero-order valence-electron chi connectivity index (χ0n) is 11.8. The third kappa shape index (κ3) is 3.21. The second-order valence-corrected chi connectivity index (χ2v) is 4.84. The van der Waals surface area contributed by atoms with Crippen molar-refractivity contribution in [3.63, 3.8) is 0 Å². The number of hydrogen-bond acceptors (Lipinski definition) is 8. The molecule has 0 radical (unpaired) electrons. The van der Waals surface area contributed by atoms with Crippen LogP contribution in [-0.4, -0.2) is 71.1 Å². The van der Waals surface area contributed by atoms with Crippen LogP contribution in [0.1, 0.15) is 10.4 Å². The number of carbonyl (C=O) groups excluding carboxylic acids is 1. The number of rotatable bonds is 5. The number of hydrogen-bond donors (Lipinski definition) is 4. The lowest BCUT2D eigenvalue weighted by molar-refractivity contribution is -0.277. The second kappa shape index (κ2) is 7.03. The molecule has 122 valence electrons. The first-order valence-electron chi connectivity index (χ1n) is 6.62. The molecule has 0 bridgehead atoms. The van der Waals surface area contributed by atoms with Crippen molar-refractivity contribution in [3.8, 4) is 11.5 Å². The fourth-order valence-corrected chi connectivity index (χ4v) is 2.14. The van der Waals surface area contributed by atoms with E-state index in [0.29, 0.717) is 11.8 Å². The molecule has 5 atom stereocenters. The van der Waals surface area contributed by atoms with Crippen LogP contribution in [-0.2, 0) is 4.74 Å². The number of ether oxygens (including phenoxy) is 3. The lowest BCUT2D eigenvalue weighted by Gasteiger charge is -2.39. The van der Waals surface area contributed by atoms with E-state index in [4.69, 9.17) is 19.3 Å². The minimum atomic E-state index is -1.53. The zero-order valence-corrected chi connectivity index (χ0v) is 11.8. The van der Waals surface area contributed by atoms with E-state index in [1.807, 2.05) is 0 Å². The molecule has 8 nitrogen and oxygen atoms in total. The van der Waals surface area contributed by atoms with Crippen molar-refractivity contribution < 1.29 is 39.4 Å². The molecule has 8 heteroatoms. The molecule has 2 rings (SSSR count). The first-order valence-corrected chi connectivity index (χ1v) is 6.62. The van der Waals surface area contributed by atoms with Gasteiger partial charge in [-0.05, 0) is 18.2 Å². The minimum absolute atomic E-state index is 0.178. The Morgan fingerprint density at radius 1 is 1.18 bits per heavy atom. The molecule has 1 aliphatic heterocycles. The predicted octanol–water partition coefficient (Wildman–Crippen LogP) is -1.31. The summed E-state index contributed by atoms with van der Waals surface area (Å²) in [6, 6.07) is 4.37. The largest absolute Gasteiger partial charge is 0.493 e. The van der Waals surface area contributed by atoms with Crippen molar-refractivity contribution in [1.82, 2.24) is 0 Å². The van der Waals surface area contributed by atoms with Crippen molar-refractivity contribution in [2.24, 2.45) is 0 Å². The molecule has 1 aliphatic rings. The van der Waals surface area contributed by atoms with E-state index >= 15 is 0 Å². The van der Waals surface area contributed by atoms with Gasteiger partial charge >= 0.3 is 0 Å². The molecular formula is C14H18O8. The van der Waals surface area contributed by atoms with Crippen LogP contribution >= 0.6 is 0 Å². The Kier molecular flexibility index (Phi) is 5.33. The van der Waals surface area contributed by atoms with Gasteiger partial charge < -0.3 is 34.6 Å². The van der Waals surface area contributed by atoms with Crippen LogP contribution < -0.4 is 9.47 Å². The van der Waals surface area contributed by atoms with Crippen molar-refractivity contribution in [1.29, 1.82) is 0 Å². The van der Waals surface area contributed by atoms with Crippen LogP contribution in [0.5, 0.6) is 11.5 Å². The molecule has 1 aromatic rings. The van der Waals surface area contributed by atoms with Gasteiger partial charge in [0.2, 0.25) is 6.29 Å². The summed E-state index contributed by atoms with van der Waals surface area (Å²) in [5, 5.41) is 38.4. The monoisotopic (exact) mass is 314 g/mol. The van der Waals surface area contributed by atoms with Crippen molar-refractivity contribution in [2.45, 2.75) is 30.7 Å². The van der Waals surface area contributed by atoms with E-state index < -0.39 is 37.3 Å². The van der Waals surface area contributed by atoms with Gasteiger partial charge in [-0.25, -0.2) is 0 Å². The summed E-state index contributed by atoms with van der Waals surface area (Å²) in [4.78, 5) is 10.7. The second-order valence-electron chi connectivity index (χ2n) is 4.84. The van der Waals surface area contributed by atoms with Crippen LogP contribution in [0.15, 0.2) is 18.2 Å². The molecule has 1 heterocycles. The van der Waals surface area contributed by atoms with Gasteiger partial charge in [-0.2, -0.15) is 0 Å². The van der Waals surface area contributed by atoms with Gasteiger partial charge in [0.25, 0.3) is 0 Å². The van der Waals surface area contributed by atoms with E-state index in [1.54, 1.807) is 0 Å². The molecule has 1 aromatic carbocycles. The Balaban J connectivity index is 2.20. The highest BCUT2D eigenvalue weighted by Crippen LogP contribution is 2.31. The van der Waals surface area contributed by atoms with Crippen LogP contribution in [0, 0.1) is 0 Å². The first-order chi connectivity index (χ1) is 10.5. The maximum Gasteiger partial charge on any atom is 0.229 e. The van der Waals surface area contributed by atoms with Gasteiger partial charge in [-0.3, -0.25) is 4.79 Å². The Hall–Kier alpha value is -1.71. The molecule has 4 N–H and O–H groups in total. The zero-order chi connectivity index (χ0) is 16.3. The number of aldehydes is 1. The standard InChI is InChI=1S/C14H18O8/c1-20-9-4-7(5-15)2-3-8(9)21-14-13(19)12(18)11(17)10(6-16)22-14/h2-5,10-14,16-19H,6H2,1H3/t10-,11-,12-,13+,14-/m1/s1. The third-order valence-electron chi connectivity index (χ3n) is 3.42. The van der Waals surface area contributed by atoms with Crippen LogP contribution in [0.4, 0.5) is 0 Å². The lowest BCUT2D eigenvalue weighted by atomic mass is 9.99. The molecule has 0 saturated carbocycles. The van der Waals surface area contributed by atoms with Crippen LogP contribution in [0.2, 0.25) is 0 Å². The average molecular weight is 314 g/mol. The third-order valence-corrected chi connectivity index (χ3v) is 3.42. The predicted molar refractivity (Wildman–Crippen MR) is 72.8 cm³/mol. The maximum absolute atomic E-state index is 10.7. The summed E-state index contributed by atoms with van der Waals surface area (Å²) in [6.45, 7) is -0.550. The van der Waals surface area contributed by atoms with Crippen molar-refractivity contribution in [3.05, 3.63) is 23.8 Å². The van der Waals surface area contributed by atoms with Gasteiger partial charge in [0.05, 0.1) is 13.7 Å². The molecule has 0 unspecified atom stereocenters. The molecule has 0 spiro atoms. The smallest absolute Gasteiger partial charge is 0.229 e. The van der Waals surface area contributed by atoms with Gasteiger partial charge in [-0.15, -0.1) is 0 Å². The Morgan fingerprint density at radius 2 is 1.91 bits per heavy atom. The van der Waals surface area contributed by atoms with Crippen molar-refractivity contribution >= 4 is 6.29 Å². The normalized spacial score (nSPS) is 31.6. The van der Waals surface area contributed by atoms with Crippen molar-refractivity contribution in [2.75, 3.05) is 13.7 Å². The summed E-state index contributed by atoms with van der Waals surface area (Å²) in [7, 11) is 1.38. The molecule has 1 saturated heterocycles. The van der Waals surface area contributed by atoms with Crippen LogP contribution in [0.3, 0.4) is 0 Å². The number of aliphatic hydroxyl groups excluding tert-OH is 4. The highest BCUT2D eigenvalue weighted by Gasteiger charge is 2.44. The molecular weight excluding hydrogens is 296 g/mol. The lowest BCUT2D eigenvalue weighted by Crippen LogP contribution is -2.60. The number of carbonyl (C=O) groups is 1. The van der Waals surface area contributed by atoms with E-state index in [1.165, 1.54) is 25.3 Å². The minimum Gasteiger partial charge on any atom is -0.493 e. The molecule has 0 aromatic heterocycles. The Bertz CT molecular complexity index is 518. The molecule has 22 heavy (non-hydrogen) atoms. The van der Waals surface area contributed by atoms with Gasteiger partial charge in [-0.1, -0.05) is 0 Å². The fraction of sp³-hybridized carbons (Fsp3) is 0.500. The molecule has 1 fully saturated rings. The molecule has 0 aliphatic carbocycles. The topological polar surface area (TPSA) is 126 Å². The molecule has 0 amide bonds. The van der Waals surface area contributed by atoms with E-state index in [9.17, 15) is 20.1 Å². The van der Waals surface area contributed by atoms with Gasteiger partial charge in [0.1, 0.15) is 30.7 Å². The van der Waals surface area contributed by atoms with E-state index in [0.717, 1.165) is 0 Å². The Labute approximate surface area is 126 Å². The Morgan fingerprint density at radius 3 is 2.50 bits per heavy atom. The van der Waals surface area contributed by atoms with E-state index in [-0.39, 0.29) is 11.5 Å². The summed E-state index contributed by atoms with van der Waals surface area (Å²) < 4.78 is 15.8. The number of aliphatic hydroxyl groups is 4. The summed E-state index contributed by atoms with van der Waals surface area (Å²) in [5.74, 6) is 0.416. The quantitative estimate of drug-likeness (QED) is 0.493. The number of benzene rings is 1. The highest BCUT2D eigenvalue weighted by atomic mass is 16.7. The average Bonchev–Trinajstić information content (AvgIpc) is 2.55. The maximum atomic E-state index is 10.7. The van der Waals surface area contributed by atoms with Gasteiger partial charge in [0.15, 0.2) is 11.5 Å². The first kappa shape index (κ1) is 16.7. The summed E-state index contributed by atoms with van der Waals surface area (Å²) in [5.41, 5.74) is 0.373. The number of methoxy groups -OCH3 is 1. The summed E-state index contributed by atoms with van der Waals surface area (Å²) in [6.07, 6.45) is -6.25. The van der Waals surface area contributed by atoms with Crippen LogP contribution in [0.25, 0.3) is 0 Å². The SMILES string of the molecule is COc1cc(C=O)ccc1O[C@@H]1O[C@H](CO)[C@@H](O)[C@@H](O)[C@@H]1O. The highest BCUT2D eigenvalue weighted by molar-refractivity contribution is 5.76. The fourth-order valence-electron chi connectivity index (χ4n) is 2.14. The van der Waals surface area contributed by atoms with E-state index in [2.05, 4.69) is 0 Å².